The average Bonchev–Trinajstić information content (AvgIpc) is 2.60. The second-order valence-corrected chi connectivity index (χ2v) is 5.55. The molecule has 0 saturated heterocycles. The highest BCUT2D eigenvalue weighted by Gasteiger charge is 2.34. The predicted molar refractivity (Wildman–Crippen MR) is 89.0 cm³/mol. The van der Waals surface area contributed by atoms with E-state index in [0.717, 1.165) is 5.56 Å². The third kappa shape index (κ3) is 2.75. The summed E-state index contributed by atoms with van der Waals surface area (Å²) < 4.78 is 0. The predicted octanol–water partition coefficient (Wildman–Crippen LogP) is 3.54. The van der Waals surface area contributed by atoms with Crippen molar-refractivity contribution in [1.82, 2.24) is 10.2 Å². The van der Waals surface area contributed by atoms with Gasteiger partial charge in [-0.25, -0.2) is 4.79 Å². The Labute approximate surface area is 135 Å². The lowest BCUT2D eigenvalue weighted by Crippen LogP contribution is -2.46. The lowest BCUT2D eigenvalue weighted by molar-refractivity contribution is 0.101. The van der Waals surface area contributed by atoms with Gasteiger partial charge in [0.25, 0.3) is 0 Å². The molecule has 0 spiro atoms. The summed E-state index contributed by atoms with van der Waals surface area (Å²) in [6, 6.07) is 18.0. The number of nitrogens with one attached hydrogen (secondary N) is 1. The molecule has 0 radical (unpaired) electrons. The van der Waals surface area contributed by atoms with Crippen LogP contribution < -0.4 is 5.32 Å². The second-order valence-electron chi connectivity index (χ2n) is 5.55. The first-order valence-electron chi connectivity index (χ1n) is 7.49. The van der Waals surface area contributed by atoms with Crippen molar-refractivity contribution in [3.8, 4) is 0 Å². The number of allylic oxidation sites excluding steroid dienone is 1. The first kappa shape index (κ1) is 15.0. The third-order valence-electron chi connectivity index (χ3n) is 4.17. The third-order valence-corrected chi connectivity index (χ3v) is 4.17. The van der Waals surface area contributed by atoms with E-state index in [1.54, 1.807) is 19.2 Å². The Morgan fingerprint density at radius 2 is 1.57 bits per heavy atom. The maximum Gasteiger partial charge on any atom is 0.322 e. The van der Waals surface area contributed by atoms with Gasteiger partial charge in [-0.1, -0.05) is 60.7 Å². The average molecular weight is 306 g/mol. The van der Waals surface area contributed by atoms with Gasteiger partial charge in [-0.15, -0.1) is 0 Å². The molecule has 3 rings (SSSR count). The van der Waals surface area contributed by atoms with Gasteiger partial charge in [-0.3, -0.25) is 4.79 Å². The van der Waals surface area contributed by atoms with Crippen molar-refractivity contribution in [3.05, 3.63) is 83.1 Å². The maximum absolute atomic E-state index is 13.0. The molecule has 0 aliphatic carbocycles. The molecule has 1 heterocycles. The molecule has 1 atom stereocenters. The molecule has 2 aromatic carbocycles. The van der Waals surface area contributed by atoms with Crippen LogP contribution in [0.5, 0.6) is 0 Å². The van der Waals surface area contributed by atoms with Crippen molar-refractivity contribution in [2.24, 2.45) is 0 Å². The van der Waals surface area contributed by atoms with E-state index in [9.17, 15) is 9.59 Å². The fourth-order valence-corrected chi connectivity index (χ4v) is 2.77. The first-order valence-corrected chi connectivity index (χ1v) is 7.49. The van der Waals surface area contributed by atoms with Gasteiger partial charge in [-0.05, 0) is 12.5 Å². The number of Topliss-reactive ketones (excluding diaryl/α,β-unsaturated/α-hetero) is 1. The van der Waals surface area contributed by atoms with Crippen LogP contribution in [0.2, 0.25) is 0 Å². The van der Waals surface area contributed by atoms with Gasteiger partial charge < -0.3 is 10.2 Å². The fraction of sp³-hybridized carbons (Fsp3) is 0.158. The topological polar surface area (TPSA) is 49.4 Å². The number of amides is 2. The maximum atomic E-state index is 13.0. The summed E-state index contributed by atoms with van der Waals surface area (Å²) in [6.07, 6.45) is 0. The normalized spacial score (nSPS) is 17.9. The summed E-state index contributed by atoms with van der Waals surface area (Å²) >= 11 is 0. The molecule has 116 valence electrons. The molecule has 1 aliphatic rings. The SMILES string of the molecule is CC1=C(C(=O)c2ccccc2)C(c2ccccc2)NC(=O)N1C. The van der Waals surface area contributed by atoms with Crippen molar-refractivity contribution >= 4 is 11.8 Å². The second kappa shape index (κ2) is 6.08. The number of ketones is 1. The summed E-state index contributed by atoms with van der Waals surface area (Å²) in [7, 11) is 1.67. The summed E-state index contributed by atoms with van der Waals surface area (Å²) in [5, 5.41) is 2.92. The number of carbonyl (C=O) groups is 2. The zero-order chi connectivity index (χ0) is 16.4. The van der Waals surface area contributed by atoms with Crippen molar-refractivity contribution < 1.29 is 9.59 Å². The van der Waals surface area contributed by atoms with Gasteiger partial charge in [0.15, 0.2) is 5.78 Å². The summed E-state index contributed by atoms with van der Waals surface area (Å²) in [5.41, 5.74) is 2.79. The van der Waals surface area contributed by atoms with Gasteiger partial charge in [0, 0.05) is 23.9 Å². The van der Waals surface area contributed by atoms with Gasteiger partial charge in [0.1, 0.15) is 0 Å². The number of carbonyl (C=O) groups excluding carboxylic acids is 2. The van der Waals surface area contributed by atoms with Crippen LogP contribution in [0.4, 0.5) is 4.79 Å². The van der Waals surface area contributed by atoms with E-state index < -0.39 is 6.04 Å². The standard InChI is InChI=1S/C19H18N2O2/c1-13-16(18(22)15-11-7-4-8-12-15)17(20-19(23)21(13)2)14-9-5-3-6-10-14/h3-12,17H,1-2H3,(H,20,23). The van der Waals surface area contributed by atoms with E-state index in [0.29, 0.717) is 16.8 Å². The molecule has 1 aliphatic heterocycles. The molecule has 0 fully saturated rings. The van der Waals surface area contributed by atoms with Crippen LogP contribution in [-0.2, 0) is 0 Å². The van der Waals surface area contributed by atoms with E-state index in [4.69, 9.17) is 0 Å². The Balaban J connectivity index is 2.11. The highest BCUT2D eigenvalue weighted by atomic mass is 16.2. The molecule has 23 heavy (non-hydrogen) atoms. The molecule has 4 nitrogen and oxygen atoms in total. The van der Waals surface area contributed by atoms with Crippen molar-refractivity contribution in [3.63, 3.8) is 0 Å². The van der Waals surface area contributed by atoms with E-state index >= 15 is 0 Å². The summed E-state index contributed by atoms with van der Waals surface area (Å²) in [6.45, 7) is 1.81. The molecule has 4 heteroatoms. The molecular weight excluding hydrogens is 288 g/mol. The number of rotatable bonds is 3. The smallest absolute Gasteiger partial charge is 0.322 e. The highest BCUT2D eigenvalue weighted by Crippen LogP contribution is 2.31. The molecular formula is C19H18N2O2. The van der Waals surface area contributed by atoms with Crippen LogP contribution in [0, 0.1) is 0 Å². The number of benzene rings is 2. The number of hydrogen-bond donors (Lipinski definition) is 1. The van der Waals surface area contributed by atoms with Gasteiger partial charge in [-0.2, -0.15) is 0 Å². The van der Waals surface area contributed by atoms with Crippen LogP contribution >= 0.6 is 0 Å². The molecule has 0 aromatic heterocycles. The molecule has 0 bridgehead atoms. The molecule has 1 unspecified atom stereocenters. The number of nitrogens with zero attached hydrogens (tertiary/aromatic N) is 1. The quantitative estimate of drug-likeness (QED) is 0.882. The number of urea groups is 1. The van der Waals surface area contributed by atoms with Crippen LogP contribution in [0.3, 0.4) is 0 Å². The molecule has 0 saturated carbocycles. The zero-order valence-electron chi connectivity index (χ0n) is 13.1. The van der Waals surface area contributed by atoms with E-state index in [1.807, 2.05) is 55.5 Å². The monoisotopic (exact) mass is 306 g/mol. The minimum atomic E-state index is -0.437. The first-order chi connectivity index (χ1) is 11.1. The van der Waals surface area contributed by atoms with Crippen LogP contribution in [0.25, 0.3) is 0 Å². The van der Waals surface area contributed by atoms with Crippen LogP contribution in [0.15, 0.2) is 71.9 Å². The molecule has 2 amide bonds. The highest BCUT2D eigenvalue weighted by molar-refractivity contribution is 6.11. The largest absolute Gasteiger partial charge is 0.327 e. The lowest BCUT2D eigenvalue weighted by Gasteiger charge is -2.33. The summed E-state index contributed by atoms with van der Waals surface area (Å²) in [5.74, 6) is -0.0659. The Morgan fingerprint density at radius 3 is 2.17 bits per heavy atom. The Bertz CT molecular complexity index is 766. The van der Waals surface area contributed by atoms with Crippen molar-refractivity contribution in [2.75, 3.05) is 7.05 Å². The zero-order valence-corrected chi connectivity index (χ0v) is 13.1. The minimum Gasteiger partial charge on any atom is -0.327 e. The Hall–Kier alpha value is -2.88. The summed E-state index contributed by atoms with van der Waals surface area (Å²) in [4.78, 5) is 26.7. The Kier molecular flexibility index (Phi) is 3.98. The Morgan fingerprint density at radius 1 is 1.00 bits per heavy atom. The van der Waals surface area contributed by atoms with Gasteiger partial charge >= 0.3 is 6.03 Å². The van der Waals surface area contributed by atoms with Gasteiger partial charge in [0.2, 0.25) is 0 Å². The van der Waals surface area contributed by atoms with Crippen molar-refractivity contribution in [2.45, 2.75) is 13.0 Å². The minimum absolute atomic E-state index is 0.0659. The number of hydrogen-bond acceptors (Lipinski definition) is 2. The van der Waals surface area contributed by atoms with Crippen molar-refractivity contribution in [1.29, 1.82) is 0 Å². The van der Waals surface area contributed by atoms with Gasteiger partial charge in [0.05, 0.1) is 6.04 Å². The fourth-order valence-electron chi connectivity index (χ4n) is 2.77. The van der Waals surface area contributed by atoms with E-state index in [2.05, 4.69) is 5.32 Å². The molecule has 1 N–H and O–H groups in total. The molecule has 2 aromatic rings. The van der Waals surface area contributed by atoms with Crippen LogP contribution in [-0.4, -0.2) is 23.8 Å². The van der Waals surface area contributed by atoms with E-state index in [1.165, 1.54) is 4.90 Å². The lowest BCUT2D eigenvalue weighted by atomic mass is 9.89. The van der Waals surface area contributed by atoms with E-state index in [-0.39, 0.29) is 11.8 Å². The van der Waals surface area contributed by atoms with Crippen LogP contribution in [0.1, 0.15) is 28.9 Å².